The number of fused-ring (bicyclic) bond motifs is 1. The van der Waals surface area contributed by atoms with E-state index in [2.05, 4.69) is 5.32 Å². The van der Waals surface area contributed by atoms with Gasteiger partial charge in [0.2, 0.25) is 18.2 Å². The maximum Gasteiger partial charge on any atom is 0.225 e. The highest BCUT2D eigenvalue weighted by Crippen LogP contribution is 2.32. The molecule has 0 saturated carbocycles. The fraction of sp³-hybridized carbons (Fsp3) is 0.550. The lowest BCUT2D eigenvalue weighted by Crippen LogP contribution is -2.30. The molecule has 162 valence electrons. The van der Waals surface area contributed by atoms with Gasteiger partial charge >= 0.3 is 0 Å². The highest BCUT2D eigenvalue weighted by molar-refractivity contribution is 5.91. The average Bonchev–Trinajstić information content (AvgIpc) is 2.70. The molecule has 0 aromatic heterocycles. The molecule has 0 unspecified atom stereocenters. The van der Waals surface area contributed by atoms with Crippen LogP contribution in [0, 0.1) is 0 Å². The Morgan fingerprint density at radius 1 is 1.00 bits per heavy atom. The summed E-state index contributed by atoms with van der Waals surface area (Å²) >= 11 is 0. The lowest BCUT2D eigenvalue weighted by atomic mass is 10.2. The largest absolute Gasteiger partial charge is 0.486 e. The number of rotatable bonds is 8. The molecule has 1 aliphatic heterocycles. The zero-order valence-corrected chi connectivity index (χ0v) is 17.9. The number of nitrogens with one attached hydrogen (secondary N) is 1. The van der Waals surface area contributed by atoms with Crippen LogP contribution in [0.15, 0.2) is 18.2 Å². The Labute approximate surface area is 172 Å². The lowest BCUT2D eigenvalue weighted by molar-refractivity contribution is -0.129. The van der Waals surface area contributed by atoms with Gasteiger partial charge in [0.25, 0.3) is 0 Å². The Kier molecular flexibility index (Phi) is 10.5. The summed E-state index contributed by atoms with van der Waals surface area (Å²) < 4.78 is 10.9. The molecule has 0 bridgehead atoms. The molecule has 0 aliphatic carbocycles. The van der Waals surface area contributed by atoms with E-state index in [9.17, 15) is 14.4 Å². The molecule has 1 aromatic carbocycles. The number of carbonyl (C=O) groups is 3. The molecule has 0 fully saturated rings. The van der Waals surface area contributed by atoms with E-state index >= 15 is 0 Å². The van der Waals surface area contributed by atoms with Gasteiger partial charge in [-0.3, -0.25) is 14.4 Å². The first kappa shape index (κ1) is 24.2. The predicted octanol–water partition coefficient (Wildman–Crippen LogP) is 0.901. The summed E-state index contributed by atoms with van der Waals surface area (Å²) in [4.78, 5) is 38.0. The fourth-order valence-corrected chi connectivity index (χ4v) is 2.26. The number of amides is 3. The minimum Gasteiger partial charge on any atom is -0.486 e. The molecule has 9 heteroatoms. The van der Waals surface area contributed by atoms with Crippen LogP contribution in [0.2, 0.25) is 0 Å². The summed E-state index contributed by atoms with van der Waals surface area (Å²) in [5.74, 6) is 1.36. The number of hydrogen-bond donors (Lipinski definition) is 1. The number of hydrogen-bond acceptors (Lipinski definition) is 6. The minimum atomic E-state index is -0.0718. The van der Waals surface area contributed by atoms with Crippen LogP contribution < -0.4 is 14.8 Å². The Morgan fingerprint density at radius 3 is 2.17 bits per heavy atom. The minimum absolute atomic E-state index is 0.0718. The molecule has 0 radical (unpaired) electrons. The number of nitrogens with zero attached hydrogens (tertiary/aromatic N) is 3. The van der Waals surface area contributed by atoms with Gasteiger partial charge < -0.3 is 29.5 Å². The molecule has 1 aliphatic rings. The Balaban J connectivity index is 0.000000749. The topological polar surface area (TPSA) is 91.4 Å². The Hall–Kier alpha value is -2.81. The second kappa shape index (κ2) is 12.6. The van der Waals surface area contributed by atoms with Crippen molar-refractivity contribution in [2.75, 3.05) is 66.9 Å². The van der Waals surface area contributed by atoms with Gasteiger partial charge in [0.1, 0.15) is 13.2 Å². The van der Waals surface area contributed by atoms with Gasteiger partial charge in [0.05, 0.1) is 0 Å². The summed E-state index contributed by atoms with van der Waals surface area (Å²) in [7, 11) is 8.76. The molecule has 3 amide bonds. The second-order valence-electron chi connectivity index (χ2n) is 7.07. The van der Waals surface area contributed by atoms with Gasteiger partial charge in [-0.2, -0.15) is 0 Å². The SMILES string of the molecule is CN(C)C=O.CN(CCC(=O)Nc1ccc2c(c1)OCCO2)CCC(=O)N(C)C. The molecule has 2 rings (SSSR count). The summed E-state index contributed by atoms with van der Waals surface area (Å²) in [5, 5.41) is 2.85. The van der Waals surface area contributed by atoms with Gasteiger partial charge in [-0.15, -0.1) is 0 Å². The van der Waals surface area contributed by atoms with Crippen molar-refractivity contribution in [2.45, 2.75) is 12.8 Å². The van der Waals surface area contributed by atoms with Crippen molar-refractivity contribution in [1.82, 2.24) is 14.7 Å². The maximum atomic E-state index is 12.0. The molecule has 9 nitrogen and oxygen atoms in total. The molecule has 1 aromatic rings. The van der Waals surface area contributed by atoms with E-state index in [4.69, 9.17) is 9.47 Å². The third kappa shape index (κ3) is 9.79. The third-order valence-electron chi connectivity index (χ3n) is 3.96. The van der Waals surface area contributed by atoms with Crippen LogP contribution in [-0.4, -0.2) is 94.5 Å². The molecular weight excluding hydrogens is 376 g/mol. The van der Waals surface area contributed by atoms with Crippen molar-refractivity contribution < 1.29 is 23.9 Å². The van der Waals surface area contributed by atoms with E-state index in [1.165, 1.54) is 4.90 Å². The number of anilines is 1. The molecular formula is C20H32N4O5. The average molecular weight is 408 g/mol. The van der Waals surface area contributed by atoms with Crippen LogP contribution >= 0.6 is 0 Å². The van der Waals surface area contributed by atoms with Crippen molar-refractivity contribution in [1.29, 1.82) is 0 Å². The lowest BCUT2D eigenvalue weighted by Gasteiger charge is -2.19. The Morgan fingerprint density at radius 2 is 1.59 bits per heavy atom. The summed E-state index contributed by atoms with van der Waals surface area (Å²) in [6.45, 7) is 2.29. The molecule has 0 spiro atoms. The first-order chi connectivity index (χ1) is 13.7. The number of carbonyl (C=O) groups excluding carboxylic acids is 3. The van der Waals surface area contributed by atoms with Crippen LogP contribution in [-0.2, 0) is 14.4 Å². The highest BCUT2D eigenvalue weighted by atomic mass is 16.6. The normalized spacial score (nSPS) is 11.8. The first-order valence-electron chi connectivity index (χ1n) is 9.43. The van der Waals surface area contributed by atoms with E-state index in [1.54, 1.807) is 51.3 Å². The zero-order chi connectivity index (χ0) is 21.8. The summed E-state index contributed by atoms with van der Waals surface area (Å²) in [5.41, 5.74) is 0.690. The smallest absolute Gasteiger partial charge is 0.225 e. The molecule has 1 N–H and O–H groups in total. The quantitative estimate of drug-likeness (QED) is 0.643. The van der Waals surface area contributed by atoms with E-state index < -0.39 is 0 Å². The predicted molar refractivity (Wildman–Crippen MR) is 111 cm³/mol. The van der Waals surface area contributed by atoms with Crippen molar-refractivity contribution in [3.63, 3.8) is 0 Å². The van der Waals surface area contributed by atoms with Crippen LogP contribution in [0.1, 0.15) is 12.8 Å². The van der Waals surface area contributed by atoms with E-state index in [0.29, 0.717) is 56.3 Å². The monoisotopic (exact) mass is 408 g/mol. The van der Waals surface area contributed by atoms with Gasteiger partial charge in [-0.25, -0.2) is 0 Å². The molecule has 1 heterocycles. The second-order valence-corrected chi connectivity index (χ2v) is 7.07. The van der Waals surface area contributed by atoms with E-state index in [0.717, 1.165) is 6.41 Å². The van der Waals surface area contributed by atoms with Gasteiger partial charge in [-0.1, -0.05) is 0 Å². The van der Waals surface area contributed by atoms with Crippen LogP contribution in [0.25, 0.3) is 0 Å². The third-order valence-corrected chi connectivity index (χ3v) is 3.96. The van der Waals surface area contributed by atoms with Crippen LogP contribution in [0.5, 0.6) is 11.5 Å². The van der Waals surface area contributed by atoms with Crippen LogP contribution in [0.4, 0.5) is 5.69 Å². The van der Waals surface area contributed by atoms with Crippen molar-refractivity contribution in [3.05, 3.63) is 18.2 Å². The summed E-state index contributed by atoms with van der Waals surface area (Å²) in [6.07, 6.45) is 1.56. The summed E-state index contributed by atoms with van der Waals surface area (Å²) in [6, 6.07) is 5.36. The van der Waals surface area contributed by atoms with Gasteiger partial charge in [0.15, 0.2) is 11.5 Å². The fourth-order valence-electron chi connectivity index (χ4n) is 2.26. The van der Waals surface area contributed by atoms with Gasteiger partial charge in [-0.05, 0) is 19.2 Å². The van der Waals surface area contributed by atoms with Crippen molar-refractivity contribution in [3.8, 4) is 11.5 Å². The molecule has 0 saturated heterocycles. The van der Waals surface area contributed by atoms with E-state index in [-0.39, 0.29) is 11.8 Å². The standard InChI is InChI=1S/C17H25N3O4.C3H7NO/c1-19(2)17(22)7-9-20(3)8-6-16(21)18-13-4-5-14-15(12-13)24-11-10-23-14;1-4(2)3-5/h4-5,12H,6-11H2,1-3H3,(H,18,21);3H,1-2H3. The molecule has 0 atom stereocenters. The number of ether oxygens (including phenoxy) is 2. The van der Waals surface area contributed by atoms with Crippen molar-refractivity contribution in [2.24, 2.45) is 0 Å². The first-order valence-corrected chi connectivity index (χ1v) is 9.43. The Bertz CT molecular complexity index is 679. The van der Waals surface area contributed by atoms with Gasteiger partial charge in [0, 0.05) is 65.9 Å². The molecule has 29 heavy (non-hydrogen) atoms. The number of benzene rings is 1. The highest BCUT2D eigenvalue weighted by Gasteiger charge is 2.13. The van der Waals surface area contributed by atoms with E-state index in [1.807, 2.05) is 11.9 Å². The zero-order valence-electron chi connectivity index (χ0n) is 17.9. The maximum absolute atomic E-state index is 12.0. The van der Waals surface area contributed by atoms with Crippen molar-refractivity contribution >= 4 is 23.9 Å². The van der Waals surface area contributed by atoms with Crippen LogP contribution in [0.3, 0.4) is 0 Å².